The van der Waals surface area contributed by atoms with Crippen molar-refractivity contribution < 1.29 is 0 Å². The maximum absolute atomic E-state index is 4.52. The molecule has 6 nitrogen and oxygen atoms in total. The largest absolute Gasteiger partial charge is 0.310 e. The molecule has 2 heterocycles. The van der Waals surface area contributed by atoms with E-state index in [1.807, 2.05) is 24.4 Å². The molecule has 0 saturated heterocycles. The molecule has 0 saturated carbocycles. The topological polar surface area (TPSA) is 68.5 Å². The molecule has 130 valence electrons. The van der Waals surface area contributed by atoms with Crippen LogP contribution in [0.4, 0.5) is 0 Å². The van der Waals surface area contributed by atoms with Gasteiger partial charge in [-0.1, -0.05) is 36.4 Å². The lowest BCUT2D eigenvalue weighted by Crippen LogP contribution is -2.21. The average Bonchev–Trinajstić information content (AvgIpc) is 3.23. The van der Waals surface area contributed by atoms with E-state index in [2.05, 4.69) is 69.1 Å². The Kier molecular flexibility index (Phi) is 4.66. The predicted molar refractivity (Wildman–Crippen MR) is 101 cm³/mol. The van der Waals surface area contributed by atoms with Gasteiger partial charge < -0.3 is 5.32 Å². The van der Waals surface area contributed by atoms with Gasteiger partial charge in [0.05, 0.1) is 11.2 Å². The fourth-order valence-corrected chi connectivity index (χ4v) is 3.11. The maximum Gasteiger partial charge on any atom is 0.143 e. The van der Waals surface area contributed by atoms with E-state index in [0.29, 0.717) is 0 Å². The summed E-state index contributed by atoms with van der Waals surface area (Å²) >= 11 is 0. The molecule has 1 unspecified atom stereocenters. The number of nitrogens with zero attached hydrogens (tertiary/aromatic N) is 5. The van der Waals surface area contributed by atoms with Gasteiger partial charge in [-0.3, -0.25) is 4.98 Å². The Bertz CT molecular complexity index is 974. The van der Waals surface area contributed by atoms with Crippen LogP contribution in [0.1, 0.15) is 24.1 Å². The van der Waals surface area contributed by atoms with Crippen molar-refractivity contribution in [2.45, 2.75) is 19.4 Å². The molecule has 0 spiro atoms. The van der Waals surface area contributed by atoms with E-state index in [4.69, 9.17) is 0 Å². The van der Waals surface area contributed by atoms with Gasteiger partial charge >= 0.3 is 0 Å². The third kappa shape index (κ3) is 3.45. The van der Waals surface area contributed by atoms with Crippen LogP contribution in [0.3, 0.4) is 0 Å². The summed E-state index contributed by atoms with van der Waals surface area (Å²) in [5.41, 5.74) is 4.55. The van der Waals surface area contributed by atoms with Gasteiger partial charge in [0.25, 0.3) is 0 Å². The smallest absolute Gasteiger partial charge is 0.143 e. The third-order valence-electron chi connectivity index (χ3n) is 4.57. The van der Waals surface area contributed by atoms with Gasteiger partial charge in [0.15, 0.2) is 0 Å². The lowest BCUT2D eigenvalue weighted by molar-refractivity contribution is 0.577. The van der Waals surface area contributed by atoms with E-state index in [1.54, 1.807) is 11.0 Å². The molecule has 1 atom stereocenters. The minimum atomic E-state index is 0.265. The van der Waals surface area contributed by atoms with Crippen molar-refractivity contribution in [1.82, 2.24) is 30.5 Å². The lowest BCUT2D eigenvalue weighted by Gasteiger charge is -2.15. The van der Waals surface area contributed by atoms with Crippen molar-refractivity contribution in [3.05, 3.63) is 78.2 Å². The van der Waals surface area contributed by atoms with E-state index in [1.165, 1.54) is 16.5 Å². The SMILES string of the molecule is CC(NCCc1cccc2cccnc12)c1ccc(-n2cnnn2)cc1. The summed E-state index contributed by atoms with van der Waals surface area (Å²) in [6.07, 6.45) is 4.39. The second kappa shape index (κ2) is 7.41. The fraction of sp³-hybridized carbons (Fsp3) is 0.200. The second-order valence-electron chi connectivity index (χ2n) is 6.26. The van der Waals surface area contributed by atoms with Crippen molar-refractivity contribution in [3.8, 4) is 5.69 Å². The van der Waals surface area contributed by atoms with Gasteiger partial charge in [0.1, 0.15) is 6.33 Å². The zero-order valence-electron chi connectivity index (χ0n) is 14.6. The van der Waals surface area contributed by atoms with Crippen molar-refractivity contribution in [3.63, 3.8) is 0 Å². The van der Waals surface area contributed by atoms with Crippen LogP contribution in [0.25, 0.3) is 16.6 Å². The Morgan fingerprint density at radius 2 is 1.88 bits per heavy atom. The summed E-state index contributed by atoms with van der Waals surface area (Å²) in [5.74, 6) is 0. The molecule has 0 aliphatic heterocycles. The van der Waals surface area contributed by atoms with Crippen LogP contribution in [0.2, 0.25) is 0 Å². The van der Waals surface area contributed by atoms with Crippen molar-refractivity contribution >= 4 is 10.9 Å². The zero-order chi connectivity index (χ0) is 17.8. The number of pyridine rings is 1. The first-order valence-corrected chi connectivity index (χ1v) is 8.70. The monoisotopic (exact) mass is 344 g/mol. The van der Waals surface area contributed by atoms with E-state index in [-0.39, 0.29) is 6.04 Å². The molecule has 0 fully saturated rings. The Balaban J connectivity index is 1.38. The Hall–Kier alpha value is -3.12. The molecule has 6 heteroatoms. The van der Waals surface area contributed by atoms with E-state index in [9.17, 15) is 0 Å². The van der Waals surface area contributed by atoms with Gasteiger partial charge in [0.2, 0.25) is 0 Å². The minimum Gasteiger partial charge on any atom is -0.310 e. The number of para-hydroxylation sites is 1. The highest BCUT2D eigenvalue weighted by molar-refractivity contribution is 5.81. The molecule has 0 bridgehead atoms. The summed E-state index contributed by atoms with van der Waals surface area (Å²) in [6, 6.07) is 19.0. The molecule has 2 aromatic heterocycles. The predicted octanol–water partition coefficient (Wildman–Crippen LogP) is 3.10. The number of hydrogen-bond acceptors (Lipinski definition) is 5. The highest BCUT2D eigenvalue weighted by atomic mass is 15.5. The minimum absolute atomic E-state index is 0.265. The lowest BCUT2D eigenvalue weighted by atomic mass is 10.1. The normalized spacial score (nSPS) is 12.3. The number of benzene rings is 2. The molecular formula is C20H20N6. The highest BCUT2D eigenvalue weighted by Crippen LogP contribution is 2.18. The molecule has 2 aromatic carbocycles. The summed E-state index contributed by atoms with van der Waals surface area (Å²) < 4.78 is 1.65. The van der Waals surface area contributed by atoms with Crippen molar-refractivity contribution in [1.29, 1.82) is 0 Å². The summed E-state index contributed by atoms with van der Waals surface area (Å²) in [7, 11) is 0. The fourth-order valence-electron chi connectivity index (χ4n) is 3.11. The molecule has 1 N–H and O–H groups in total. The zero-order valence-corrected chi connectivity index (χ0v) is 14.6. The van der Waals surface area contributed by atoms with Crippen LogP contribution in [-0.4, -0.2) is 31.7 Å². The molecule has 4 rings (SSSR count). The quantitative estimate of drug-likeness (QED) is 0.582. The van der Waals surface area contributed by atoms with Crippen LogP contribution in [0, 0.1) is 0 Å². The number of fused-ring (bicyclic) bond motifs is 1. The molecule has 0 amide bonds. The van der Waals surface area contributed by atoms with Crippen molar-refractivity contribution in [2.24, 2.45) is 0 Å². The molecule has 0 aliphatic carbocycles. The maximum atomic E-state index is 4.52. The molecule has 26 heavy (non-hydrogen) atoms. The average molecular weight is 344 g/mol. The summed E-state index contributed by atoms with van der Waals surface area (Å²) in [6.45, 7) is 3.07. The molecular weight excluding hydrogens is 324 g/mol. The number of rotatable bonds is 6. The number of tetrazole rings is 1. The van der Waals surface area contributed by atoms with Gasteiger partial charge in [-0.15, -0.1) is 5.10 Å². The van der Waals surface area contributed by atoms with Crippen LogP contribution in [0.15, 0.2) is 67.1 Å². The van der Waals surface area contributed by atoms with E-state index >= 15 is 0 Å². The first kappa shape index (κ1) is 16.4. The molecule has 0 radical (unpaired) electrons. The first-order valence-electron chi connectivity index (χ1n) is 8.70. The summed E-state index contributed by atoms with van der Waals surface area (Å²) in [4.78, 5) is 4.52. The van der Waals surface area contributed by atoms with Crippen LogP contribution in [-0.2, 0) is 6.42 Å². The Morgan fingerprint density at radius 1 is 1.04 bits per heavy atom. The van der Waals surface area contributed by atoms with Gasteiger partial charge in [-0.05, 0) is 59.6 Å². The molecule has 0 aliphatic rings. The first-order chi connectivity index (χ1) is 12.8. The van der Waals surface area contributed by atoms with Crippen molar-refractivity contribution in [2.75, 3.05) is 6.54 Å². The van der Waals surface area contributed by atoms with E-state index < -0.39 is 0 Å². The standard InChI is InChI=1S/C20H20N6/c1-15(16-7-9-19(10-8-16)26-14-23-24-25-26)21-13-11-18-5-2-4-17-6-3-12-22-20(17)18/h2-10,12,14-15,21H,11,13H2,1H3. The van der Waals surface area contributed by atoms with Gasteiger partial charge in [0, 0.05) is 17.6 Å². The Morgan fingerprint density at radius 3 is 2.69 bits per heavy atom. The highest BCUT2D eigenvalue weighted by Gasteiger charge is 2.07. The summed E-state index contributed by atoms with van der Waals surface area (Å²) in [5, 5.41) is 16.0. The van der Waals surface area contributed by atoms with E-state index in [0.717, 1.165) is 24.2 Å². The van der Waals surface area contributed by atoms with Crippen LogP contribution < -0.4 is 5.32 Å². The second-order valence-corrected chi connectivity index (χ2v) is 6.26. The van der Waals surface area contributed by atoms with Gasteiger partial charge in [-0.25, -0.2) is 4.68 Å². The Labute approximate surface area is 151 Å². The van der Waals surface area contributed by atoms with Crippen LogP contribution >= 0.6 is 0 Å². The van der Waals surface area contributed by atoms with Crippen LogP contribution in [0.5, 0.6) is 0 Å². The third-order valence-corrected chi connectivity index (χ3v) is 4.57. The number of aromatic nitrogens is 5. The number of nitrogens with one attached hydrogen (secondary N) is 1. The number of hydrogen-bond donors (Lipinski definition) is 1. The van der Waals surface area contributed by atoms with Gasteiger partial charge in [-0.2, -0.15) is 0 Å². The molecule has 4 aromatic rings.